The number of carbonyl (C=O) groups is 1. The third-order valence-electron chi connectivity index (χ3n) is 3.32. The maximum absolute atomic E-state index is 13.1. The smallest absolute Gasteiger partial charge is 0.406 e. The van der Waals surface area contributed by atoms with Gasteiger partial charge in [-0.2, -0.15) is 13.2 Å². The van der Waals surface area contributed by atoms with Crippen LogP contribution in [0.4, 0.5) is 30.7 Å². The van der Waals surface area contributed by atoms with Crippen LogP contribution in [0.15, 0.2) is 47.9 Å². The minimum atomic E-state index is -5.12. The zero-order valence-electron chi connectivity index (χ0n) is 14.4. The number of ether oxygens (including phenoxy) is 1. The fourth-order valence-electron chi connectivity index (χ4n) is 2.12. The number of sulfonamides is 1. The van der Waals surface area contributed by atoms with E-state index in [2.05, 4.69) is 4.74 Å². The van der Waals surface area contributed by atoms with Crippen LogP contribution in [0.1, 0.15) is 21.5 Å². The van der Waals surface area contributed by atoms with Gasteiger partial charge in [0.15, 0.2) is 0 Å². The van der Waals surface area contributed by atoms with Gasteiger partial charge in [-0.3, -0.25) is 4.79 Å². The number of alkyl halides is 6. The fourth-order valence-corrected chi connectivity index (χ4v) is 2.89. The number of amides is 1. The van der Waals surface area contributed by atoms with Crippen LogP contribution in [0.3, 0.4) is 0 Å². The second kappa shape index (κ2) is 8.34. The molecule has 13 heteroatoms. The van der Waals surface area contributed by atoms with Gasteiger partial charge in [0.25, 0.3) is 15.9 Å². The van der Waals surface area contributed by atoms with Crippen LogP contribution in [0.2, 0.25) is 0 Å². The molecule has 5 nitrogen and oxygen atoms in total. The van der Waals surface area contributed by atoms with E-state index in [1.807, 2.05) is 0 Å². The summed E-state index contributed by atoms with van der Waals surface area (Å²) >= 11 is 0. The zero-order valence-corrected chi connectivity index (χ0v) is 15.2. The van der Waals surface area contributed by atoms with Crippen LogP contribution in [0.5, 0.6) is 5.75 Å². The number of carbonyl (C=O) groups excluding carboxylic acids is 1. The van der Waals surface area contributed by atoms with E-state index in [1.54, 1.807) is 0 Å². The summed E-state index contributed by atoms with van der Waals surface area (Å²) in [5.74, 6) is -3.49. The molecule has 0 spiro atoms. The van der Waals surface area contributed by atoms with Crippen molar-refractivity contribution in [2.24, 2.45) is 0 Å². The highest BCUT2D eigenvalue weighted by molar-refractivity contribution is 7.93. The molecule has 0 aliphatic rings. The first-order chi connectivity index (χ1) is 13.7. The van der Waals surface area contributed by atoms with Crippen molar-refractivity contribution in [1.29, 1.82) is 0 Å². The molecule has 0 atom stereocenters. The van der Waals surface area contributed by atoms with Crippen molar-refractivity contribution in [2.45, 2.75) is 12.5 Å². The van der Waals surface area contributed by atoms with Crippen molar-refractivity contribution >= 4 is 22.0 Å². The minimum absolute atomic E-state index is 0.0436. The molecule has 0 bridgehead atoms. The van der Waals surface area contributed by atoms with E-state index >= 15 is 0 Å². The molecule has 0 unspecified atom stereocenters. The van der Waals surface area contributed by atoms with E-state index in [9.17, 15) is 43.9 Å². The standard InChI is InChI=1S/C17H10F7NO4S/c18-11-3-6-13(14(9-11)16(19,20)21)15(26)25-30(27,28)8-7-10-1-4-12(5-2-10)29-17(22,23)24/h1-9H,(H,25,26). The Morgan fingerprint density at radius 1 is 0.967 bits per heavy atom. The molecule has 0 fully saturated rings. The second-order valence-corrected chi connectivity index (χ2v) is 7.15. The minimum Gasteiger partial charge on any atom is -0.406 e. The van der Waals surface area contributed by atoms with Gasteiger partial charge in [0.1, 0.15) is 11.6 Å². The van der Waals surface area contributed by atoms with Crippen molar-refractivity contribution in [3.05, 3.63) is 70.4 Å². The molecular weight excluding hydrogens is 447 g/mol. The maximum Gasteiger partial charge on any atom is 0.573 e. The van der Waals surface area contributed by atoms with Crippen LogP contribution >= 0.6 is 0 Å². The predicted molar refractivity (Wildman–Crippen MR) is 89.9 cm³/mol. The molecule has 0 aliphatic heterocycles. The van der Waals surface area contributed by atoms with Crippen molar-refractivity contribution in [2.75, 3.05) is 0 Å². The third kappa shape index (κ3) is 6.76. The normalized spacial score (nSPS) is 12.8. The number of halogens is 7. The molecular formula is C17H10F7NO4S. The topological polar surface area (TPSA) is 72.5 Å². The van der Waals surface area contributed by atoms with Gasteiger partial charge in [0.05, 0.1) is 16.5 Å². The second-order valence-electron chi connectivity index (χ2n) is 5.58. The lowest BCUT2D eigenvalue weighted by Gasteiger charge is -2.12. The van der Waals surface area contributed by atoms with Crippen molar-refractivity contribution in [3.63, 3.8) is 0 Å². The molecule has 2 aromatic carbocycles. The Balaban J connectivity index is 2.17. The Bertz CT molecular complexity index is 1060. The Morgan fingerprint density at radius 2 is 1.57 bits per heavy atom. The van der Waals surface area contributed by atoms with Crippen LogP contribution < -0.4 is 9.46 Å². The molecule has 0 aliphatic carbocycles. The van der Waals surface area contributed by atoms with Gasteiger partial charge in [-0.25, -0.2) is 17.5 Å². The summed E-state index contributed by atoms with van der Waals surface area (Å²) in [5, 5.41) is 0.418. The van der Waals surface area contributed by atoms with Crippen LogP contribution in [-0.2, 0) is 16.2 Å². The molecule has 0 radical (unpaired) electrons. The van der Waals surface area contributed by atoms with Crippen molar-refractivity contribution in [3.8, 4) is 5.75 Å². The van der Waals surface area contributed by atoms with Crippen LogP contribution in [-0.4, -0.2) is 20.7 Å². The highest BCUT2D eigenvalue weighted by atomic mass is 32.2. The molecule has 0 saturated heterocycles. The monoisotopic (exact) mass is 457 g/mol. The number of hydrogen-bond donors (Lipinski definition) is 1. The summed E-state index contributed by atoms with van der Waals surface area (Å²) in [7, 11) is -4.59. The van der Waals surface area contributed by atoms with Crippen LogP contribution in [0.25, 0.3) is 6.08 Å². The van der Waals surface area contributed by atoms with Crippen molar-refractivity contribution < 1.29 is 48.7 Å². The predicted octanol–water partition coefficient (Wildman–Crippen LogP) is 4.47. The average molecular weight is 457 g/mol. The van der Waals surface area contributed by atoms with Gasteiger partial charge in [-0.15, -0.1) is 13.2 Å². The van der Waals surface area contributed by atoms with Gasteiger partial charge in [0, 0.05) is 0 Å². The van der Waals surface area contributed by atoms with Gasteiger partial charge >= 0.3 is 12.5 Å². The lowest BCUT2D eigenvalue weighted by Crippen LogP contribution is -2.30. The molecule has 30 heavy (non-hydrogen) atoms. The quantitative estimate of drug-likeness (QED) is 0.673. The van der Waals surface area contributed by atoms with E-state index in [0.29, 0.717) is 17.5 Å². The Morgan fingerprint density at radius 3 is 2.10 bits per heavy atom. The first-order valence-electron chi connectivity index (χ1n) is 7.64. The number of benzene rings is 2. The highest BCUT2D eigenvalue weighted by Crippen LogP contribution is 2.32. The number of rotatable bonds is 5. The van der Waals surface area contributed by atoms with E-state index in [1.165, 1.54) is 4.72 Å². The van der Waals surface area contributed by atoms with Gasteiger partial charge in [0.2, 0.25) is 0 Å². The van der Waals surface area contributed by atoms with E-state index in [4.69, 9.17) is 0 Å². The summed E-state index contributed by atoms with van der Waals surface area (Å²) in [5.41, 5.74) is -2.70. The number of nitrogens with one attached hydrogen (secondary N) is 1. The molecule has 2 rings (SSSR count). The summed E-state index contributed by atoms with van der Waals surface area (Å²) in [4.78, 5) is 12.0. The van der Waals surface area contributed by atoms with E-state index in [0.717, 1.165) is 30.3 Å². The highest BCUT2D eigenvalue weighted by Gasteiger charge is 2.36. The summed E-state index contributed by atoms with van der Waals surface area (Å²) < 4.78 is 117. The molecule has 1 amide bonds. The van der Waals surface area contributed by atoms with E-state index < -0.39 is 51.2 Å². The molecule has 1 N–H and O–H groups in total. The van der Waals surface area contributed by atoms with E-state index in [-0.39, 0.29) is 11.6 Å². The molecule has 162 valence electrons. The van der Waals surface area contributed by atoms with Crippen molar-refractivity contribution in [1.82, 2.24) is 4.72 Å². The fraction of sp³-hybridized carbons (Fsp3) is 0.118. The maximum atomic E-state index is 13.1. The molecule has 0 heterocycles. The summed E-state index contributed by atoms with van der Waals surface area (Å²) in [6.07, 6.45) is -9.16. The lowest BCUT2D eigenvalue weighted by atomic mass is 10.1. The van der Waals surface area contributed by atoms with Gasteiger partial charge in [-0.1, -0.05) is 12.1 Å². The van der Waals surface area contributed by atoms with Gasteiger partial charge in [-0.05, 0) is 42.0 Å². The SMILES string of the molecule is O=C(NS(=O)(=O)C=Cc1ccc(OC(F)(F)F)cc1)c1ccc(F)cc1C(F)(F)F. The average Bonchev–Trinajstić information content (AvgIpc) is 2.58. The number of hydrogen-bond acceptors (Lipinski definition) is 4. The lowest BCUT2D eigenvalue weighted by molar-refractivity contribution is -0.274. The Labute approximate surface area is 164 Å². The largest absolute Gasteiger partial charge is 0.573 e. The molecule has 0 saturated carbocycles. The Hall–Kier alpha value is -3.09. The van der Waals surface area contributed by atoms with Gasteiger partial charge < -0.3 is 4.74 Å². The molecule has 0 aromatic heterocycles. The summed E-state index contributed by atoms with van der Waals surface area (Å²) in [6, 6.07) is 5.00. The van der Waals surface area contributed by atoms with Crippen LogP contribution in [0, 0.1) is 5.82 Å². The molecule has 2 aromatic rings. The zero-order chi connectivity index (χ0) is 22.7. The summed E-state index contributed by atoms with van der Waals surface area (Å²) in [6.45, 7) is 0. The third-order valence-corrected chi connectivity index (χ3v) is 4.28. The first-order valence-corrected chi connectivity index (χ1v) is 9.19. The first kappa shape index (κ1) is 23.2. The Kier molecular flexibility index (Phi) is 6.45.